The Hall–Kier alpha value is -3.41. The number of nitrogens with one attached hydrogen (secondary N) is 1. The molecule has 6 nitrogen and oxygen atoms in total. The summed E-state index contributed by atoms with van der Waals surface area (Å²) in [6, 6.07) is 12.4. The van der Waals surface area contributed by atoms with Crippen molar-refractivity contribution in [1.29, 1.82) is 0 Å². The molecule has 1 aromatic heterocycles. The Morgan fingerprint density at radius 1 is 1.07 bits per heavy atom. The molecular weight excluding hydrogens is 368 g/mol. The van der Waals surface area contributed by atoms with Gasteiger partial charge in [0.2, 0.25) is 0 Å². The van der Waals surface area contributed by atoms with Crippen LogP contribution in [0.2, 0.25) is 0 Å². The fourth-order valence-electron chi connectivity index (χ4n) is 4.52. The first-order chi connectivity index (χ1) is 13.9. The summed E-state index contributed by atoms with van der Waals surface area (Å²) in [5.41, 5.74) is 3.57. The summed E-state index contributed by atoms with van der Waals surface area (Å²) in [5, 5.41) is 3.66. The SMILES string of the molecule is Cc1cc2oc(=O)cc(CN3C(=O)NC4(CCc5ccccc54)C3=O)c2cc1C. The number of hydrogen-bond donors (Lipinski definition) is 1. The van der Waals surface area contributed by atoms with Gasteiger partial charge in [-0.2, -0.15) is 0 Å². The summed E-state index contributed by atoms with van der Waals surface area (Å²) in [6.07, 6.45) is 1.29. The number of nitrogens with zero attached hydrogens (tertiary/aromatic N) is 1. The van der Waals surface area contributed by atoms with Crippen LogP contribution in [0, 0.1) is 13.8 Å². The quantitative estimate of drug-likeness (QED) is 0.540. The van der Waals surface area contributed by atoms with Gasteiger partial charge in [-0.25, -0.2) is 9.59 Å². The van der Waals surface area contributed by atoms with E-state index in [-0.39, 0.29) is 12.5 Å². The Balaban J connectivity index is 1.57. The van der Waals surface area contributed by atoms with Crippen LogP contribution in [0.15, 0.2) is 51.7 Å². The molecule has 146 valence electrons. The Kier molecular flexibility index (Phi) is 3.68. The van der Waals surface area contributed by atoms with Gasteiger partial charge in [-0.05, 0) is 66.6 Å². The van der Waals surface area contributed by atoms with Gasteiger partial charge in [-0.1, -0.05) is 24.3 Å². The Morgan fingerprint density at radius 2 is 1.83 bits per heavy atom. The average Bonchev–Trinajstić information content (AvgIpc) is 3.17. The van der Waals surface area contributed by atoms with Crippen LogP contribution in [-0.2, 0) is 23.3 Å². The number of urea groups is 1. The number of aryl methyl sites for hydroxylation is 3. The summed E-state index contributed by atoms with van der Waals surface area (Å²) in [4.78, 5) is 39.5. The molecule has 29 heavy (non-hydrogen) atoms. The lowest BCUT2D eigenvalue weighted by Gasteiger charge is -2.22. The van der Waals surface area contributed by atoms with Gasteiger partial charge in [-0.15, -0.1) is 0 Å². The molecule has 1 spiro atoms. The van der Waals surface area contributed by atoms with Crippen molar-refractivity contribution in [1.82, 2.24) is 10.2 Å². The second kappa shape index (κ2) is 6.04. The highest BCUT2D eigenvalue weighted by Crippen LogP contribution is 2.41. The second-order valence-electron chi connectivity index (χ2n) is 7.91. The first kappa shape index (κ1) is 17.7. The van der Waals surface area contributed by atoms with E-state index >= 15 is 0 Å². The van der Waals surface area contributed by atoms with E-state index in [1.807, 2.05) is 50.2 Å². The van der Waals surface area contributed by atoms with E-state index in [9.17, 15) is 14.4 Å². The van der Waals surface area contributed by atoms with Crippen molar-refractivity contribution in [2.45, 2.75) is 38.8 Å². The van der Waals surface area contributed by atoms with Gasteiger partial charge >= 0.3 is 11.7 Å². The molecule has 1 aliphatic carbocycles. The highest BCUT2D eigenvalue weighted by atomic mass is 16.4. The minimum Gasteiger partial charge on any atom is -0.423 e. The Morgan fingerprint density at radius 3 is 2.66 bits per heavy atom. The van der Waals surface area contributed by atoms with Crippen molar-refractivity contribution in [2.75, 3.05) is 0 Å². The van der Waals surface area contributed by atoms with Crippen LogP contribution in [0.4, 0.5) is 4.79 Å². The van der Waals surface area contributed by atoms with Gasteiger partial charge in [0, 0.05) is 11.5 Å². The molecule has 1 atom stereocenters. The molecular formula is C23H20N2O4. The minimum atomic E-state index is -1.00. The number of fused-ring (bicyclic) bond motifs is 3. The van der Waals surface area contributed by atoms with Crippen molar-refractivity contribution in [3.05, 3.63) is 80.7 Å². The number of rotatable bonds is 2. The molecule has 0 saturated carbocycles. The summed E-state index contributed by atoms with van der Waals surface area (Å²) in [7, 11) is 0. The second-order valence-corrected chi connectivity index (χ2v) is 7.91. The highest BCUT2D eigenvalue weighted by Gasteiger charge is 2.55. The van der Waals surface area contributed by atoms with E-state index in [0.717, 1.165) is 34.1 Å². The molecule has 1 unspecified atom stereocenters. The molecule has 1 aliphatic heterocycles. The third kappa shape index (κ3) is 2.52. The molecule has 0 bridgehead atoms. The number of carbonyl (C=O) groups is 2. The third-order valence-electron chi connectivity index (χ3n) is 6.20. The third-order valence-corrected chi connectivity index (χ3v) is 6.20. The maximum Gasteiger partial charge on any atom is 0.336 e. The largest absolute Gasteiger partial charge is 0.423 e. The van der Waals surface area contributed by atoms with Gasteiger partial charge in [0.15, 0.2) is 0 Å². The zero-order valence-corrected chi connectivity index (χ0v) is 16.2. The molecule has 5 rings (SSSR count). The van der Waals surface area contributed by atoms with E-state index in [1.165, 1.54) is 11.0 Å². The molecule has 2 aromatic carbocycles. The summed E-state index contributed by atoms with van der Waals surface area (Å²) < 4.78 is 5.34. The summed E-state index contributed by atoms with van der Waals surface area (Å²) >= 11 is 0. The van der Waals surface area contributed by atoms with E-state index in [2.05, 4.69) is 5.32 Å². The van der Waals surface area contributed by atoms with Crippen LogP contribution in [0.25, 0.3) is 11.0 Å². The van der Waals surface area contributed by atoms with E-state index in [0.29, 0.717) is 17.6 Å². The monoisotopic (exact) mass is 388 g/mol. The normalized spacial score (nSPS) is 20.6. The molecule has 0 radical (unpaired) electrons. The van der Waals surface area contributed by atoms with Crippen LogP contribution in [0.1, 0.15) is 34.2 Å². The minimum absolute atomic E-state index is 0.0270. The fourth-order valence-corrected chi connectivity index (χ4v) is 4.52. The molecule has 2 aliphatic rings. The lowest BCUT2D eigenvalue weighted by Crippen LogP contribution is -2.41. The zero-order chi connectivity index (χ0) is 20.3. The average molecular weight is 388 g/mol. The van der Waals surface area contributed by atoms with Crippen LogP contribution < -0.4 is 10.9 Å². The standard InChI is InChI=1S/C23H20N2O4/c1-13-9-17-16(11-20(26)29-19(17)10-14(13)2)12-25-21(27)23(24-22(25)28)8-7-15-5-3-4-6-18(15)23/h3-6,9-11H,7-8,12H2,1-2H3,(H,24,28). The maximum absolute atomic E-state index is 13.4. The first-order valence-electron chi connectivity index (χ1n) is 9.65. The molecule has 3 amide bonds. The number of amides is 3. The van der Waals surface area contributed by atoms with Crippen LogP contribution >= 0.6 is 0 Å². The Labute approximate surface area is 167 Å². The van der Waals surface area contributed by atoms with E-state index < -0.39 is 17.2 Å². The fraction of sp³-hybridized carbons (Fsp3) is 0.261. The zero-order valence-electron chi connectivity index (χ0n) is 16.2. The molecule has 6 heteroatoms. The smallest absolute Gasteiger partial charge is 0.336 e. The molecule has 1 fully saturated rings. The molecule has 3 aromatic rings. The number of hydrogen-bond acceptors (Lipinski definition) is 4. The lowest BCUT2D eigenvalue weighted by atomic mass is 9.91. The van der Waals surface area contributed by atoms with Crippen molar-refractivity contribution in [2.24, 2.45) is 0 Å². The van der Waals surface area contributed by atoms with Crippen molar-refractivity contribution >= 4 is 22.9 Å². The Bertz CT molecular complexity index is 1260. The van der Waals surface area contributed by atoms with Crippen molar-refractivity contribution in [3.8, 4) is 0 Å². The van der Waals surface area contributed by atoms with Crippen LogP contribution in [0.5, 0.6) is 0 Å². The van der Waals surface area contributed by atoms with Crippen molar-refractivity contribution in [3.63, 3.8) is 0 Å². The van der Waals surface area contributed by atoms with Gasteiger partial charge in [0.25, 0.3) is 5.91 Å². The number of benzene rings is 2. The summed E-state index contributed by atoms with van der Waals surface area (Å²) in [6.45, 7) is 3.95. The van der Waals surface area contributed by atoms with Crippen LogP contribution in [0.3, 0.4) is 0 Å². The highest BCUT2D eigenvalue weighted by molar-refractivity contribution is 6.08. The van der Waals surface area contributed by atoms with Gasteiger partial charge in [0.05, 0.1) is 6.54 Å². The van der Waals surface area contributed by atoms with Gasteiger partial charge < -0.3 is 9.73 Å². The topological polar surface area (TPSA) is 79.6 Å². The first-order valence-corrected chi connectivity index (χ1v) is 9.65. The summed E-state index contributed by atoms with van der Waals surface area (Å²) in [5.74, 6) is -0.266. The number of imide groups is 1. The van der Waals surface area contributed by atoms with Crippen LogP contribution in [-0.4, -0.2) is 16.8 Å². The van der Waals surface area contributed by atoms with E-state index in [1.54, 1.807) is 0 Å². The predicted octanol–water partition coefficient (Wildman–Crippen LogP) is 3.30. The molecule has 1 N–H and O–H groups in total. The lowest BCUT2D eigenvalue weighted by molar-refractivity contribution is -0.132. The molecule has 2 heterocycles. The predicted molar refractivity (Wildman–Crippen MR) is 107 cm³/mol. The van der Waals surface area contributed by atoms with E-state index in [4.69, 9.17) is 4.42 Å². The van der Waals surface area contributed by atoms with Gasteiger partial charge in [-0.3, -0.25) is 9.69 Å². The van der Waals surface area contributed by atoms with Gasteiger partial charge in [0.1, 0.15) is 11.1 Å². The van der Waals surface area contributed by atoms with Crippen molar-refractivity contribution < 1.29 is 14.0 Å². The number of carbonyl (C=O) groups excluding carboxylic acids is 2. The maximum atomic E-state index is 13.4. The molecule has 1 saturated heterocycles.